The number of pyridine rings is 1. The molecule has 4 rings (SSSR count). The topological polar surface area (TPSA) is 67.2 Å². The third kappa shape index (κ3) is 3.15. The monoisotopic (exact) mass is 414 g/mol. The first-order valence-corrected chi connectivity index (χ1v) is 9.59. The number of nitrogens with one attached hydrogen (secondary N) is 1. The van der Waals surface area contributed by atoms with E-state index >= 15 is 0 Å². The van der Waals surface area contributed by atoms with Gasteiger partial charge in [-0.1, -0.05) is 17.7 Å². The van der Waals surface area contributed by atoms with E-state index in [1.165, 1.54) is 12.1 Å². The van der Waals surface area contributed by atoms with Crippen molar-refractivity contribution in [1.29, 1.82) is 0 Å². The standard InChI is InChI=1S/C21H20ClFN4O2/c1-21(2)20(29)24-8-9-27(21)19(28)17-7-5-13-14(11-26(3)18(13)25-17)12-4-6-15(22)16(23)10-12/h4-7,10-11H,8-9H2,1-3H3,(H,24,29). The minimum Gasteiger partial charge on any atom is -0.352 e. The molecule has 0 saturated carbocycles. The Hall–Kier alpha value is -2.93. The van der Waals surface area contributed by atoms with Crippen LogP contribution in [0.25, 0.3) is 22.2 Å². The maximum Gasteiger partial charge on any atom is 0.273 e. The van der Waals surface area contributed by atoms with Gasteiger partial charge in [0, 0.05) is 37.3 Å². The van der Waals surface area contributed by atoms with Crippen molar-refractivity contribution >= 4 is 34.4 Å². The van der Waals surface area contributed by atoms with Crippen LogP contribution in [0.2, 0.25) is 5.02 Å². The SMILES string of the molecule is Cn1cc(-c2ccc(Cl)c(F)c2)c2ccc(C(=O)N3CCNC(=O)C3(C)C)nc21. The summed E-state index contributed by atoms with van der Waals surface area (Å²) in [6.07, 6.45) is 1.84. The molecule has 1 N–H and O–H groups in total. The van der Waals surface area contributed by atoms with Gasteiger partial charge in [-0.3, -0.25) is 9.59 Å². The molecule has 0 unspecified atom stereocenters. The third-order valence-electron chi connectivity index (χ3n) is 5.37. The number of halogens is 2. The Morgan fingerprint density at radius 1 is 1.28 bits per heavy atom. The van der Waals surface area contributed by atoms with E-state index in [2.05, 4.69) is 10.3 Å². The van der Waals surface area contributed by atoms with Gasteiger partial charge in [0.2, 0.25) is 5.91 Å². The highest BCUT2D eigenvalue weighted by molar-refractivity contribution is 6.30. The van der Waals surface area contributed by atoms with Crippen molar-refractivity contribution in [3.05, 3.63) is 53.1 Å². The third-order valence-corrected chi connectivity index (χ3v) is 5.67. The van der Waals surface area contributed by atoms with Gasteiger partial charge in [0.1, 0.15) is 22.7 Å². The molecule has 1 fully saturated rings. The number of carbonyl (C=O) groups excluding carboxylic acids is 2. The smallest absolute Gasteiger partial charge is 0.273 e. The normalized spacial score (nSPS) is 16.2. The zero-order chi connectivity index (χ0) is 20.9. The Balaban J connectivity index is 1.76. The van der Waals surface area contributed by atoms with Crippen LogP contribution >= 0.6 is 11.6 Å². The van der Waals surface area contributed by atoms with E-state index in [4.69, 9.17) is 11.6 Å². The molecule has 2 aromatic heterocycles. The van der Waals surface area contributed by atoms with Gasteiger partial charge < -0.3 is 14.8 Å². The number of rotatable bonds is 2. The van der Waals surface area contributed by atoms with Gasteiger partial charge in [0.05, 0.1) is 5.02 Å². The molecule has 1 aromatic carbocycles. The molecule has 8 heteroatoms. The van der Waals surface area contributed by atoms with Crippen LogP contribution in [0.1, 0.15) is 24.3 Å². The van der Waals surface area contributed by atoms with E-state index in [0.717, 1.165) is 10.9 Å². The van der Waals surface area contributed by atoms with E-state index in [1.807, 2.05) is 13.2 Å². The van der Waals surface area contributed by atoms with E-state index in [-0.39, 0.29) is 22.5 Å². The molecular weight excluding hydrogens is 395 g/mol. The molecule has 3 aromatic rings. The lowest BCUT2D eigenvalue weighted by Gasteiger charge is -2.40. The number of hydrogen-bond acceptors (Lipinski definition) is 3. The second-order valence-electron chi connectivity index (χ2n) is 7.62. The van der Waals surface area contributed by atoms with Crippen LogP contribution in [0.3, 0.4) is 0 Å². The van der Waals surface area contributed by atoms with Crippen LogP contribution in [-0.4, -0.2) is 44.9 Å². The average Bonchev–Trinajstić information content (AvgIpc) is 3.02. The van der Waals surface area contributed by atoms with Crippen LogP contribution < -0.4 is 5.32 Å². The lowest BCUT2D eigenvalue weighted by molar-refractivity contribution is -0.133. The fraction of sp³-hybridized carbons (Fsp3) is 0.286. The molecule has 2 amide bonds. The van der Waals surface area contributed by atoms with Gasteiger partial charge in [-0.25, -0.2) is 9.37 Å². The van der Waals surface area contributed by atoms with Gasteiger partial charge >= 0.3 is 0 Å². The summed E-state index contributed by atoms with van der Waals surface area (Å²) in [7, 11) is 1.82. The molecule has 0 radical (unpaired) electrons. The molecule has 1 aliphatic rings. The molecule has 3 heterocycles. The number of piperazine rings is 1. The quantitative estimate of drug-likeness (QED) is 0.699. The highest BCUT2D eigenvalue weighted by Crippen LogP contribution is 2.32. The van der Waals surface area contributed by atoms with Crippen molar-refractivity contribution in [3.8, 4) is 11.1 Å². The molecule has 29 heavy (non-hydrogen) atoms. The van der Waals surface area contributed by atoms with Crippen molar-refractivity contribution in [2.24, 2.45) is 7.05 Å². The summed E-state index contributed by atoms with van der Waals surface area (Å²) >= 11 is 5.79. The van der Waals surface area contributed by atoms with E-state index in [0.29, 0.717) is 24.3 Å². The number of amides is 2. The lowest BCUT2D eigenvalue weighted by Crippen LogP contribution is -2.63. The molecule has 1 saturated heterocycles. The summed E-state index contributed by atoms with van der Waals surface area (Å²) in [4.78, 5) is 31.3. The Labute approximate surface area is 172 Å². The summed E-state index contributed by atoms with van der Waals surface area (Å²) < 4.78 is 15.7. The summed E-state index contributed by atoms with van der Waals surface area (Å²) in [6, 6.07) is 8.08. The van der Waals surface area contributed by atoms with Crippen LogP contribution in [-0.2, 0) is 11.8 Å². The number of carbonyl (C=O) groups is 2. The van der Waals surface area contributed by atoms with Gasteiger partial charge in [-0.2, -0.15) is 0 Å². The number of nitrogens with zero attached hydrogens (tertiary/aromatic N) is 3. The molecule has 0 bridgehead atoms. The van der Waals surface area contributed by atoms with E-state index < -0.39 is 11.4 Å². The van der Waals surface area contributed by atoms with Crippen LogP contribution in [0.5, 0.6) is 0 Å². The van der Waals surface area contributed by atoms with Crippen molar-refractivity contribution in [1.82, 2.24) is 19.8 Å². The van der Waals surface area contributed by atoms with Crippen LogP contribution in [0, 0.1) is 5.82 Å². The average molecular weight is 415 g/mol. The zero-order valence-electron chi connectivity index (χ0n) is 16.3. The molecule has 150 valence electrons. The maximum absolute atomic E-state index is 13.9. The minimum atomic E-state index is -0.952. The van der Waals surface area contributed by atoms with Crippen molar-refractivity contribution in [2.45, 2.75) is 19.4 Å². The summed E-state index contributed by atoms with van der Waals surface area (Å²) in [5.74, 6) is -0.984. The number of fused-ring (bicyclic) bond motifs is 1. The predicted octanol–water partition coefficient (Wildman–Crippen LogP) is 3.38. The molecular formula is C21H20ClFN4O2. The van der Waals surface area contributed by atoms with Gasteiger partial charge in [0.15, 0.2) is 0 Å². The fourth-order valence-electron chi connectivity index (χ4n) is 3.66. The Morgan fingerprint density at radius 3 is 2.76 bits per heavy atom. The van der Waals surface area contributed by atoms with E-state index in [1.54, 1.807) is 41.5 Å². The van der Waals surface area contributed by atoms with Gasteiger partial charge in [-0.15, -0.1) is 0 Å². The molecule has 1 aliphatic heterocycles. The maximum atomic E-state index is 13.9. The van der Waals surface area contributed by atoms with Crippen molar-refractivity contribution in [2.75, 3.05) is 13.1 Å². The van der Waals surface area contributed by atoms with Crippen molar-refractivity contribution < 1.29 is 14.0 Å². The zero-order valence-corrected chi connectivity index (χ0v) is 17.0. The van der Waals surface area contributed by atoms with Crippen molar-refractivity contribution in [3.63, 3.8) is 0 Å². The summed E-state index contributed by atoms with van der Waals surface area (Å²) in [5, 5.41) is 3.64. The predicted molar refractivity (Wildman–Crippen MR) is 109 cm³/mol. The number of hydrogen-bond donors (Lipinski definition) is 1. The largest absolute Gasteiger partial charge is 0.352 e. The molecule has 0 aliphatic carbocycles. The Bertz CT molecular complexity index is 1160. The number of aromatic nitrogens is 2. The first kappa shape index (κ1) is 19.4. The highest BCUT2D eigenvalue weighted by Gasteiger charge is 2.41. The lowest BCUT2D eigenvalue weighted by atomic mass is 9.98. The second-order valence-corrected chi connectivity index (χ2v) is 8.03. The highest BCUT2D eigenvalue weighted by atomic mass is 35.5. The van der Waals surface area contributed by atoms with Crippen LogP contribution in [0.15, 0.2) is 36.5 Å². The Kier molecular flexibility index (Phi) is 4.58. The first-order valence-electron chi connectivity index (χ1n) is 9.22. The van der Waals surface area contributed by atoms with Gasteiger partial charge in [0.25, 0.3) is 5.91 Å². The first-order chi connectivity index (χ1) is 13.7. The molecule has 0 spiro atoms. The van der Waals surface area contributed by atoms with Gasteiger partial charge in [-0.05, 0) is 43.7 Å². The fourth-order valence-corrected chi connectivity index (χ4v) is 3.78. The number of benzene rings is 1. The minimum absolute atomic E-state index is 0.0631. The number of aryl methyl sites for hydroxylation is 1. The summed E-state index contributed by atoms with van der Waals surface area (Å²) in [6.45, 7) is 4.26. The molecule has 0 atom stereocenters. The second kappa shape index (κ2) is 6.84. The van der Waals surface area contributed by atoms with E-state index in [9.17, 15) is 14.0 Å². The van der Waals surface area contributed by atoms with Crippen LogP contribution in [0.4, 0.5) is 4.39 Å². The summed E-state index contributed by atoms with van der Waals surface area (Å²) in [5.41, 5.74) is 1.37. The molecule has 6 nitrogen and oxygen atoms in total. The Morgan fingerprint density at radius 2 is 2.03 bits per heavy atom.